The van der Waals surface area contributed by atoms with Gasteiger partial charge in [0.25, 0.3) is 0 Å². The maximum atomic E-state index is 11.7. The Bertz CT molecular complexity index is 403. The average molecular weight is 324 g/mol. The molecule has 0 saturated carbocycles. The van der Waals surface area contributed by atoms with E-state index in [1.54, 1.807) is 0 Å². The first-order valence-electron chi connectivity index (χ1n) is 6.79. The Morgan fingerprint density at radius 3 is 2.23 bits per heavy atom. The first-order valence-corrected chi connectivity index (χ1v) is 6.79. The molecule has 0 bridgehead atoms. The smallest absolute Gasteiger partial charge is 0.197 e. The molecule has 10 heteroatoms. The molecule has 2 rings (SSSR count). The van der Waals surface area contributed by atoms with Gasteiger partial charge in [0.15, 0.2) is 24.0 Å². The summed E-state index contributed by atoms with van der Waals surface area (Å²) < 4.78 is 15.6. The van der Waals surface area contributed by atoms with Gasteiger partial charge in [-0.05, 0) is 0 Å². The number of aliphatic hydroxyl groups excluding tert-OH is 6. The zero-order valence-corrected chi connectivity index (χ0v) is 11.6. The predicted octanol–water partition coefficient (Wildman–Crippen LogP) is -4.16. The third-order valence-electron chi connectivity index (χ3n) is 3.75. The van der Waals surface area contributed by atoms with Gasteiger partial charge in [0.1, 0.15) is 18.3 Å². The molecule has 128 valence electrons. The Labute approximate surface area is 125 Å². The molecule has 0 radical (unpaired) electrons. The van der Waals surface area contributed by atoms with Crippen LogP contribution >= 0.6 is 0 Å². The fourth-order valence-corrected chi connectivity index (χ4v) is 2.49. The first-order chi connectivity index (χ1) is 10.4. The molecule has 0 aromatic heterocycles. The molecule has 2 aliphatic rings. The van der Waals surface area contributed by atoms with Gasteiger partial charge in [-0.2, -0.15) is 0 Å². The van der Waals surface area contributed by atoms with E-state index in [-0.39, 0.29) is 6.42 Å². The molecule has 0 spiro atoms. The van der Waals surface area contributed by atoms with Crippen molar-refractivity contribution >= 4 is 5.78 Å². The second kappa shape index (κ2) is 6.83. The van der Waals surface area contributed by atoms with E-state index in [1.165, 1.54) is 0 Å². The molecule has 0 amide bonds. The van der Waals surface area contributed by atoms with Gasteiger partial charge in [-0.1, -0.05) is 0 Å². The summed E-state index contributed by atoms with van der Waals surface area (Å²) in [5, 5.41) is 56.6. The molecule has 3 unspecified atom stereocenters. The SMILES string of the molecule is O=C1C(O)[C@@H](O[C@@]2(CO)CC(O)[C@H](CO)O2)OC(CO)[C@H]1O. The number of carbonyl (C=O) groups is 1. The molecule has 0 aromatic rings. The lowest BCUT2D eigenvalue weighted by Crippen LogP contribution is -2.59. The molecule has 2 saturated heterocycles. The third-order valence-corrected chi connectivity index (χ3v) is 3.75. The van der Waals surface area contributed by atoms with Crippen LogP contribution in [0.4, 0.5) is 0 Å². The summed E-state index contributed by atoms with van der Waals surface area (Å²) >= 11 is 0. The van der Waals surface area contributed by atoms with Crippen LogP contribution in [0, 0.1) is 0 Å². The van der Waals surface area contributed by atoms with Crippen molar-refractivity contribution in [1.82, 2.24) is 0 Å². The lowest BCUT2D eigenvalue weighted by atomic mass is 10.0. The number of hydrogen-bond donors (Lipinski definition) is 6. The van der Waals surface area contributed by atoms with Crippen LogP contribution in [-0.2, 0) is 19.0 Å². The summed E-state index contributed by atoms with van der Waals surface area (Å²) in [7, 11) is 0. The van der Waals surface area contributed by atoms with Gasteiger partial charge in [0.05, 0.1) is 25.9 Å². The molecule has 10 nitrogen and oxygen atoms in total. The minimum absolute atomic E-state index is 0.220. The molecule has 22 heavy (non-hydrogen) atoms. The number of Topliss-reactive ketones (excluding diaryl/α,β-unsaturated/α-hetero) is 1. The lowest BCUT2D eigenvalue weighted by Gasteiger charge is -2.39. The van der Waals surface area contributed by atoms with E-state index in [0.717, 1.165) is 0 Å². The molecule has 2 heterocycles. The average Bonchev–Trinajstić information content (AvgIpc) is 2.84. The zero-order valence-electron chi connectivity index (χ0n) is 11.6. The molecule has 2 aliphatic heterocycles. The Balaban J connectivity index is 2.12. The van der Waals surface area contributed by atoms with Gasteiger partial charge in [0, 0.05) is 6.42 Å². The molecular formula is C12H20O10. The summed E-state index contributed by atoms with van der Waals surface area (Å²) in [6, 6.07) is 0. The van der Waals surface area contributed by atoms with Gasteiger partial charge < -0.3 is 44.8 Å². The third kappa shape index (κ3) is 3.15. The fourth-order valence-electron chi connectivity index (χ4n) is 2.49. The lowest BCUT2D eigenvalue weighted by molar-refractivity contribution is -0.348. The number of hydrogen-bond acceptors (Lipinski definition) is 10. The quantitative estimate of drug-likeness (QED) is 0.292. The minimum Gasteiger partial charge on any atom is -0.394 e. The van der Waals surface area contributed by atoms with Gasteiger partial charge >= 0.3 is 0 Å². The van der Waals surface area contributed by atoms with Crippen LogP contribution < -0.4 is 0 Å². The van der Waals surface area contributed by atoms with Gasteiger partial charge in [-0.3, -0.25) is 4.79 Å². The highest BCUT2D eigenvalue weighted by Gasteiger charge is 2.52. The summed E-state index contributed by atoms with van der Waals surface area (Å²) in [6.07, 6.45) is -8.79. The zero-order chi connectivity index (χ0) is 16.5. The summed E-state index contributed by atoms with van der Waals surface area (Å²) in [5.41, 5.74) is 0. The van der Waals surface area contributed by atoms with E-state index < -0.39 is 68.2 Å². The highest BCUT2D eigenvalue weighted by molar-refractivity contribution is 5.88. The van der Waals surface area contributed by atoms with Crippen molar-refractivity contribution in [3.05, 3.63) is 0 Å². The van der Waals surface area contributed by atoms with Crippen LogP contribution in [0.1, 0.15) is 6.42 Å². The summed E-state index contributed by atoms with van der Waals surface area (Å²) in [5.74, 6) is -2.78. The van der Waals surface area contributed by atoms with Crippen molar-refractivity contribution in [3.8, 4) is 0 Å². The predicted molar refractivity (Wildman–Crippen MR) is 66.3 cm³/mol. The molecular weight excluding hydrogens is 304 g/mol. The standard InChI is InChI=1S/C12H20O10/c13-2-6-5(16)1-12(4-15,21-6)22-11-10(19)9(18)8(17)7(3-14)20-11/h5-8,10-11,13-17,19H,1-4H2/t5?,6-,7?,8+,10?,11+,12+/m0/s1. The van der Waals surface area contributed by atoms with Crippen molar-refractivity contribution in [3.63, 3.8) is 0 Å². The Hall–Kier alpha value is -0.690. The van der Waals surface area contributed by atoms with Gasteiger partial charge in [-0.15, -0.1) is 0 Å². The highest BCUT2D eigenvalue weighted by atomic mass is 16.8. The number of ketones is 1. The van der Waals surface area contributed by atoms with E-state index in [4.69, 9.17) is 24.4 Å². The highest BCUT2D eigenvalue weighted by Crippen LogP contribution is 2.34. The summed E-state index contributed by atoms with van der Waals surface area (Å²) in [6.45, 7) is -1.93. The normalized spacial score (nSPS) is 46.2. The van der Waals surface area contributed by atoms with Crippen LogP contribution in [0.5, 0.6) is 0 Å². The van der Waals surface area contributed by atoms with E-state index >= 15 is 0 Å². The van der Waals surface area contributed by atoms with Crippen LogP contribution in [0.15, 0.2) is 0 Å². The van der Waals surface area contributed by atoms with E-state index in [1.807, 2.05) is 0 Å². The van der Waals surface area contributed by atoms with Crippen LogP contribution in [0.3, 0.4) is 0 Å². The van der Waals surface area contributed by atoms with E-state index in [9.17, 15) is 25.2 Å². The largest absolute Gasteiger partial charge is 0.394 e. The van der Waals surface area contributed by atoms with Crippen molar-refractivity contribution in [1.29, 1.82) is 0 Å². The Kier molecular flexibility index (Phi) is 5.48. The molecule has 0 aliphatic carbocycles. The van der Waals surface area contributed by atoms with Crippen LogP contribution in [-0.4, -0.2) is 98.8 Å². The van der Waals surface area contributed by atoms with Crippen LogP contribution in [0.2, 0.25) is 0 Å². The second-order valence-corrected chi connectivity index (χ2v) is 5.31. The number of rotatable bonds is 5. The topological polar surface area (TPSA) is 166 Å². The Morgan fingerprint density at radius 2 is 1.73 bits per heavy atom. The van der Waals surface area contributed by atoms with Gasteiger partial charge in [-0.25, -0.2) is 0 Å². The number of carbonyl (C=O) groups excluding carboxylic acids is 1. The maximum Gasteiger partial charge on any atom is 0.197 e. The van der Waals surface area contributed by atoms with E-state index in [0.29, 0.717) is 0 Å². The van der Waals surface area contributed by atoms with Crippen molar-refractivity contribution < 1.29 is 49.6 Å². The molecule has 0 aromatic carbocycles. The Morgan fingerprint density at radius 1 is 1.09 bits per heavy atom. The summed E-state index contributed by atoms with van der Waals surface area (Å²) in [4.78, 5) is 11.7. The number of ether oxygens (including phenoxy) is 3. The van der Waals surface area contributed by atoms with Crippen molar-refractivity contribution in [2.45, 2.75) is 49.0 Å². The fraction of sp³-hybridized carbons (Fsp3) is 0.917. The van der Waals surface area contributed by atoms with E-state index in [2.05, 4.69) is 0 Å². The molecule has 7 atom stereocenters. The maximum absolute atomic E-state index is 11.7. The second-order valence-electron chi connectivity index (χ2n) is 5.31. The monoisotopic (exact) mass is 324 g/mol. The van der Waals surface area contributed by atoms with Crippen molar-refractivity contribution in [2.24, 2.45) is 0 Å². The number of aliphatic hydroxyl groups is 6. The minimum atomic E-state index is -1.85. The first kappa shape index (κ1) is 17.7. The van der Waals surface area contributed by atoms with Crippen LogP contribution in [0.25, 0.3) is 0 Å². The molecule has 2 fully saturated rings. The van der Waals surface area contributed by atoms with Crippen molar-refractivity contribution in [2.75, 3.05) is 19.8 Å². The molecule has 6 N–H and O–H groups in total. The van der Waals surface area contributed by atoms with Gasteiger partial charge in [0.2, 0.25) is 0 Å².